The molecule has 1 N–H and O–H groups in total. The minimum Gasteiger partial charge on any atom is -0.452 e. The Balaban J connectivity index is 1.61. The van der Waals surface area contributed by atoms with Gasteiger partial charge >= 0.3 is 5.97 Å². The van der Waals surface area contributed by atoms with Crippen LogP contribution in [-0.2, 0) is 9.53 Å². The molecule has 27 heavy (non-hydrogen) atoms. The Labute approximate surface area is 154 Å². The standard InChI is InChI=1S/C20H15FN2O4/c21-14-8-10-15(11-9-14)23-18(24)13-26-20(25)17-7-4-12-22-19(17)27-16-5-2-1-3-6-16/h1-12H,13H2,(H,23,24). The quantitative estimate of drug-likeness (QED) is 0.671. The minimum atomic E-state index is -0.747. The van der Waals surface area contributed by atoms with Gasteiger partial charge in [-0.3, -0.25) is 4.79 Å². The number of carbonyl (C=O) groups excluding carboxylic acids is 2. The number of aromatic nitrogens is 1. The summed E-state index contributed by atoms with van der Waals surface area (Å²) in [7, 11) is 0. The smallest absolute Gasteiger partial charge is 0.344 e. The SMILES string of the molecule is O=C(COC(=O)c1cccnc1Oc1ccccc1)Nc1ccc(F)cc1. The van der Waals surface area contributed by atoms with Gasteiger partial charge in [0.2, 0.25) is 5.88 Å². The summed E-state index contributed by atoms with van der Waals surface area (Å²) in [5, 5.41) is 2.50. The zero-order chi connectivity index (χ0) is 19.1. The van der Waals surface area contributed by atoms with E-state index in [1.165, 1.54) is 36.5 Å². The van der Waals surface area contributed by atoms with Gasteiger partial charge in [-0.1, -0.05) is 18.2 Å². The van der Waals surface area contributed by atoms with Crippen LogP contribution in [0.1, 0.15) is 10.4 Å². The van der Waals surface area contributed by atoms with Gasteiger partial charge in [-0.05, 0) is 48.5 Å². The monoisotopic (exact) mass is 366 g/mol. The molecule has 1 heterocycles. The number of nitrogens with zero attached hydrogens (tertiary/aromatic N) is 1. The first kappa shape index (κ1) is 18.1. The van der Waals surface area contributed by atoms with Gasteiger partial charge in [0.25, 0.3) is 5.91 Å². The van der Waals surface area contributed by atoms with Crippen molar-refractivity contribution in [1.29, 1.82) is 0 Å². The third-order valence-corrected chi connectivity index (χ3v) is 3.41. The van der Waals surface area contributed by atoms with E-state index in [-0.39, 0.29) is 11.4 Å². The second-order valence-electron chi connectivity index (χ2n) is 5.40. The third-order valence-electron chi connectivity index (χ3n) is 3.41. The molecule has 0 saturated heterocycles. The van der Waals surface area contributed by atoms with E-state index in [1.54, 1.807) is 30.3 Å². The number of amides is 1. The number of carbonyl (C=O) groups is 2. The summed E-state index contributed by atoms with van der Waals surface area (Å²) < 4.78 is 23.5. The van der Waals surface area contributed by atoms with Crippen molar-refractivity contribution < 1.29 is 23.5 Å². The van der Waals surface area contributed by atoms with Crippen molar-refractivity contribution in [2.75, 3.05) is 11.9 Å². The number of halogens is 1. The molecule has 0 unspecified atom stereocenters. The Kier molecular flexibility index (Phi) is 5.73. The van der Waals surface area contributed by atoms with Crippen molar-refractivity contribution in [2.24, 2.45) is 0 Å². The fourth-order valence-corrected chi connectivity index (χ4v) is 2.17. The molecule has 0 fully saturated rings. The van der Waals surface area contributed by atoms with Crippen molar-refractivity contribution in [3.05, 3.63) is 84.3 Å². The Morgan fingerprint density at radius 2 is 1.70 bits per heavy atom. The van der Waals surface area contributed by atoms with E-state index in [4.69, 9.17) is 9.47 Å². The maximum atomic E-state index is 12.9. The highest BCUT2D eigenvalue weighted by molar-refractivity contribution is 5.96. The Hall–Kier alpha value is -3.74. The van der Waals surface area contributed by atoms with E-state index in [9.17, 15) is 14.0 Å². The maximum Gasteiger partial charge on any atom is 0.344 e. The molecule has 1 aromatic heterocycles. The van der Waals surface area contributed by atoms with E-state index in [1.807, 2.05) is 6.07 Å². The lowest BCUT2D eigenvalue weighted by molar-refractivity contribution is -0.119. The number of rotatable bonds is 6. The first-order valence-electron chi connectivity index (χ1n) is 8.02. The summed E-state index contributed by atoms with van der Waals surface area (Å²) in [6.07, 6.45) is 1.48. The molecule has 0 aliphatic rings. The maximum absolute atomic E-state index is 12.9. The molecule has 0 spiro atoms. The van der Waals surface area contributed by atoms with Gasteiger partial charge in [0.1, 0.15) is 17.1 Å². The van der Waals surface area contributed by atoms with Crippen LogP contribution < -0.4 is 10.1 Å². The zero-order valence-electron chi connectivity index (χ0n) is 14.1. The van der Waals surface area contributed by atoms with Crippen LogP contribution in [0.4, 0.5) is 10.1 Å². The van der Waals surface area contributed by atoms with Crippen LogP contribution in [0.25, 0.3) is 0 Å². The number of hydrogen-bond acceptors (Lipinski definition) is 5. The highest BCUT2D eigenvalue weighted by Crippen LogP contribution is 2.23. The number of para-hydroxylation sites is 1. The zero-order valence-corrected chi connectivity index (χ0v) is 14.1. The van der Waals surface area contributed by atoms with E-state index in [2.05, 4.69) is 10.3 Å². The average Bonchev–Trinajstić information content (AvgIpc) is 2.69. The molecular weight excluding hydrogens is 351 g/mol. The lowest BCUT2D eigenvalue weighted by Crippen LogP contribution is -2.21. The molecule has 0 aliphatic heterocycles. The third kappa shape index (κ3) is 5.12. The lowest BCUT2D eigenvalue weighted by atomic mass is 10.2. The summed E-state index contributed by atoms with van der Waals surface area (Å²) in [6, 6.07) is 17.1. The lowest BCUT2D eigenvalue weighted by Gasteiger charge is -2.10. The summed E-state index contributed by atoms with van der Waals surface area (Å²) >= 11 is 0. The average molecular weight is 366 g/mol. The van der Waals surface area contributed by atoms with E-state index in [0.717, 1.165) is 0 Å². The van der Waals surface area contributed by atoms with Gasteiger partial charge in [-0.25, -0.2) is 14.2 Å². The van der Waals surface area contributed by atoms with Crippen LogP contribution >= 0.6 is 0 Å². The largest absolute Gasteiger partial charge is 0.452 e. The number of nitrogens with one attached hydrogen (secondary N) is 1. The fourth-order valence-electron chi connectivity index (χ4n) is 2.17. The molecule has 0 bridgehead atoms. The van der Waals surface area contributed by atoms with Gasteiger partial charge in [0.05, 0.1) is 0 Å². The second-order valence-corrected chi connectivity index (χ2v) is 5.40. The summed E-state index contributed by atoms with van der Waals surface area (Å²) in [4.78, 5) is 28.2. The van der Waals surface area contributed by atoms with E-state index >= 15 is 0 Å². The fraction of sp³-hybridized carbons (Fsp3) is 0.0500. The number of anilines is 1. The van der Waals surface area contributed by atoms with Crippen molar-refractivity contribution in [3.8, 4) is 11.6 Å². The van der Waals surface area contributed by atoms with Gasteiger partial charge in [0, 0.05) is 11.9 Å². The van der Waals surface area contributed by atoms with Crippen molar-refractivity contribution in [1.82, 2.24) is 4.98 Å². The predicted molar refractivity (Wildman–Crippen MR) is 96.1 cm³/mol. The Bertz CT molecular complexity index is 930. The normalized spacial score (nSPS) is 10.1. The minimum absolute atomic E-state index is 0.0765. The van der Waals surface area contributed by atoms with Crippen molar-refractivity contribution in [2.45, 2.75) is 0 Å². The van der Waals surface area contributed by atoms with Gasteiger partial charge in [-0.15, -0.1) is 0 Å². The van der Waals surface area contributed by atoms with Crippen molar-refractivity contribution >= 4 is 17.6 Å². The first-order valence-corrected chi connectivity index (χ1v) is 8.02. The number of pyridine rings is 1. The van der Waals surface area contributed by atoms with Crippen LogP contribution in [-0.4, -0.2) is 23.5 Å². The van der Waals surface area contributed by atoms with E-state index < -0.39 is 24.3 Å². The first-order chi connectivity index (χ1) is 13.1. The molecular formula is C20H15FN2O4. The highest BCUT2D eigenvalue weighted by atomic mass is 19.1. The predicted octanol–water partition coefficient (Wildman–Crippen LogP) is 3.81. The number of benzene rings is 2. The van der Waals surface area contributed by atoms with Gasteiger partial charge in [0.15, 0.2) is 6.61 Å². The van der Waals surface area contributed by atoms with Crippen LogP contribution in [0.5, 0.6) is 11.6 Å². The highest BCUT2D eigenvalue weighted by Gasteiger charge is 2.17. The number of hydrogen-bond donors (Lipinski definition) is 1. The van der Waals surface area contributed by atoms with Crippen LogP contribution in [0.3, 0.4) is 0 Å². The molecule has 0 saturated carbocycles. The van der Waals surface area contributed by atoms with E-state index in [0.29, 0.717) is 11.4 Å². The summed E-state index contributed by atoms with van der Waals surface area (Å²) in [5.41, 5.74) is 0.489. The second kappa shape index (κ2) is 8.57. The Morgan fingerprint density at radius 1 is 0.963 bits per heavy atom. The van der Waals surface area contributed by atoms with Gasteiger partial charge in [-0.2, -0.15) is 0 Å². The topological polar surface area (TPSA) is 77.5 Å². The summed E-state index contributed by atoms with van der Waals surface area (Å²) in [6.45, 7) is -0.504. The van der Waals surface area contributed by atoms with Crippen LogP contribution in [0, 0.1) is 5.82 Å². The summed E-state index contributed by atoms with van der Waals surface area (Å²) in [5.74, 6) is -1.12. The molecule has 136 valence electrons. The Morgan fingerprint density at radius 3 is 2.44 bits per heavy atom. The molecule has 0 radical (unpaired) electrons. The molecule has 0 atom stereocenters. The van der Waals surface area contributed by atoms with Crippen molar-refractivity contribution in [3.63, 3.8) is 0 Å². The van der Waals surface area contributed by atoms with Gasteiger partial charge < -0.3 is 14.8 Å². The molecule has 2 aromatic carbocycles. The molecule has 6 nitrogen and oxygen atoms in total. The molecule has 1 amide bonds. The molecule has 3 rings (SSSR count). The van der Waals surface area contributed by atoms with Crippen LogP contribution in [0.2, 0.25) is 0 Å². The van der Waals surface area contributed by atoms with Crippen LogP contribution in [0.15, 0.2) is 72.9 Å². The molecule has 7 heteroatoms. The number of esters is 1. The molecule has 3 aromatic rings. The number of ether oxygens (including phenoxy) is 2. The molecule has 0 aliphatic carbocycles.